The minimum Gasteiger partial charge on any atom is -0.336 e. The van der Waals surface area contributed by atoms with Crippen LogP contribution in [0.2, 0.25) is 5.02 Å². The maximum atomic E-state index is 14.0. The Kier molecular flexibility index (Phi) is 9.77. The quantitative estimate of drug-likeness (QED) is 0.339. The van der Waals surface area contributed by atoms with Crippen LogP contribution >= 0.6 is 11.6 Å². The Morgan fingerprint density at radius 3 is 2.19 bits per heavy atom. The van der Waals surface area contributed by atoms with Crippen LogP contribution in [-0.2, 0) is 22.7 Å². The van der Waals surface area contributed by atoms with Crippen molar-refractivity contribution in [1.82, 2.24) is 14.7 Å². The van der Waals surface area contributed by atoms with Crippen molar-refractivity contribution in [2.45, 2.75) is 51.1 Å². The van der Waals surface area contributed by atoms with Crippen molar-refractivity contribution in [1.29, 1.82) is 0 Å². The first-order valence-electron chi connectivity index (χ1n) is 15.9. The minimum atomic E-state index is 0.105. The van der Waals surface area contributed by atoms with Crippen LogP contribution in [0.4, 0.5) is 5.69 Å². The van der Waals surface area contributed by atoms with Gasteiger partial charge in [-0.25, -0.2) is 0 Å². The summed E-state index contributed by atoms with van der Waals surface area (Å²) in [7, 11) is 0. The molecule has 7 heteroatoms. The van der Waals surface area contributed by atoms with Crippen molar-refractivity contribution in [3.8, 4) is 0 Å². The third-order valence-corrected chi connectivity index (χ3v) is 9.49. The van der Waals surface area contributed by atoms with Crippen molar-refractivity contribution >= 4 is 29.1 Å². The average molecular weight is 599 g/mol. The Bertz CT molecular complexity index is 1370. The Balaban J connectivity index is 1.21. The normalized spacial score (nSPS) is 19.5. The topological polar surface area (TPSA) is 47.1 Å². The highest BCUT2D eigenvalue weighted by atomic mass is 35.5. The van der Waals surface area contributed by atoms with Gasteiger partial charge in [0, 0.05) is 50.2 Å². The van der Waals surface area contributed by atoms with E-state index in [2.05, 4.69) is 64.4 Å². The van der Waals surface area contributed by atoms with Crippen molar-refractivity contribution in [3.63, 3.8) is 0 Å². The van der Waals surface area contributed by atoms with Gasteiger partial charge < -0.3 is 9.80 Å². The standard InChI is InChI=1S/C36H43ClN4O2/c37-33-15-14-32-26-40(35(42)27-39-20-16-30(17-21-39)29-10-5-2-6-11-29)23-22-38(25-28-8-3-1-4-9-28)18-7-19-41(34(32)24-33)36(43)31-12-13-31/h1-6,8-11,14-15,24,30-31H,7,12-13,16-23,25-27H2. The monoisotopic (exact) mass is 598 g/mol. The van der Waals surface area contributed by atoms with E-state index in [9.17, 15) is 9.59 Å². The smallest absolute Gasteiger partial charge is 0.237 e. The lowest BCUT2D eigenvalue weighted by Gasteiger charge is -2.34. The highest BCUT2D eigenvalue weighted by molar-refractivity contribution is 6.31. The van der Waals surface area contributed by atoms with E-state index in [-0.39, 0.29) is 17.7 Å². The molecule has 43 heavy (non-hydrogen) atoms. The van der Waals surface area contributed by atoms with Crippen LogP contribution in [-0.4, -0.2) is 72.3 Å². The number of rotatable bonds is 6. The van der Waals surface area contributed by atoms with Crippen LogP contribution in [0.1, 0.15) is 54.7 Å². The summed E-state index contributed by atoms with van der Waals surface area (Å²) >= 11 is 6.51. The van der Waals surface area contributed by atoms with Gasteiger partial charge in [0.25, 0.3) is 0 Å². The fourth-order valence-corrected chi connectivity index (χ4v) is 6.75. The maximum absolute atomic E-state index is 14.0. The van der Waals surface area contributed by atoms with Crippen LogP contribution in [0.25, 0.3) is 0 Å². The lowest BCUT2D eigenvalue weighted by molar-refractivity contribution is -0.133. The zero-order valence-corrected chi connectivity index (χ0v) is 25.8. The van der Waals surface area contributed by atoms with E-state index in [0.29, 0.717) is 37.1 Å². The Hall–Kier alpha value is -3.19. The molecule has 2 amide bonds. The molecule has 2 aliphatic heterocycles. The minimum absolute atomic E-state index is 0.105. The first-order chi connectivity index (χ1) is 21.0. The van der Waals surface area contributed by atoms with E-state index < -0.39 is 0 Å². The number of anilines is 1. The molecule has 3 aliphatic rings. The molecular formula is C36H43ClN4O2. The van der Waals surface area contributed by atoms with Gasteiger partial charge in [0.2, 0.25) is 11.8 Å². The fraction of sp³-hybridized carbons (Fsp3) is 0.444. The number of halogens is 1. The number of hydrogen-bond acceptors (Lipinski definition) is 4. The lowest BCUT2D eigenvalue weighted by Crippen LogP contribution is -2.45. The van der Waals surface area contributed by atoms with Gasteiger partial charge in [0.15, 0.2) is 0 Å². The molecule has 3 aromatic rings. The zero-order chi connectivity index (χ0) is 29.6. The molecule has 1 saturated heterocycles. The zero-order valence-electron chi connectivity index (χ0n) is 25.0. The molecule has 0 atom stereocenters. The van der Waals surface area contributed by atoms with E-state index in [1.54, 1.807) is 0 Å². The average Bonchev–Trinajstić information content (AvgIpc) is 3.88. The van der Waals surface area contributed by atoms with Gasteiger partial charge >= 0.3 is 0 Å². The number of carbonyl (C=O) groups is 2. The van der Waals surface area contributed by atoms with E-state index in [0.717, 1.165) is 76.1 Å². The number of hydrogen-bond donors (Lipinski definition) is 0. The van der Waals surface area contributed by atoms with E-state index in [1.165, 1.54) is 11.1 Å². The molecule has 0 spiro atoms. The predicted molar refractivity (Wildman–Crippen MR) is 173 cm³/mol. The molecule has 0 radical (unpaired) electrons. The van der Waals surface area contributed by atoms with E-state index >= 15 is 0 Å². The van der Waals surface area contributed by atoms with Gasteiger partial charge in [-0.05, 0) is 79.9 Å². The molecule has 6 nitrogen and oxygen atoms in total. The third kappa shape index (κ3) is 7.86. The number of nitrogens with zero attached hydrogens (tertiary/aromatic N) is 4. The number of fused-ring (bicyclic) bond motifs is 1. The van der Waals surface area contributed by atoms with Crippen LogP contribution in [0.15, 0.2) is 78.9 Å². The molecule has 2 heterocycles. The molecule has 0 bridgehead atoms. The number of benzene rings is 3. The predicted octanol–water partition coefficient (Wildman–Crippen LogP) is 6.20. The molecule has 0 unspecified atom stereocenters. The van der Waals surface area contributed by atoms with Crippen LogP contribution in [0, 0.1) is 5.92 Å². The number of likely N-dealkylation sites (tertiary alicyclic amines) is 1. The second-order valence-electron chi connectivity index (χ2n) is 12.4. The molecule has 6 rings (SSSR count). The molecule has 1 saturated carbocycles. The Labute approximate surface area is 261 Å². The summed E-state index contributed by atoms with van der Waals surface area (Å²) in [6, 6.07) is 27.1. The first kappa shape index (κ1) is 29.9. The van der Waals surface area contributed by atoms with E-state index in [1.807, 2.05) is 34.1 Å². The molecule has 2 fully saturated rings. The second-order valence-corrected chi connectivity index (χ2v) is 12.9. The van der Waals surface area contributed by atoms with Gasteiger partial charge in [-0.3, -0.25) is 19.4 Å². The van der Waals surface area contributed by atoms with Crippen molar-refractivity contribution in [2.75, 3.05) is 50.7 Å². The highest BCUT2D eigenvalue weighted by Gasteiger charge is 2.35. The van der Waals surface area contributed by atoms with Gasteiger partial charge in [-0.2, -0.15) is 0 Å². The van der Waals surface area contributed by atoms with Crippen LogP contribution in [0.3, 0.4) is 0 Å². The van der Waals surface area contributed by atoms with Gasteiger partial charge in [0.1, 0.15) is 0 Å². The maximum Gasteiger partial charge on any atom is 0.237 e. The summed E-state index contributed by atoms with van der Waals surface area (Å²) < 4.78 is 0. The van der Waals surface area contributed by atoms with Crippen molar-refractivity contribution < 1.29 is 9.59 Å². The Morgan fingerprint density at radius 1 is 0.744 bits per heavy atom. The summed E-state index contributed by atoms with van der Waals surface area (Å²) in [5.74, 6) is 1.01. The summed E-state index contributed by atoms with van der Waals surface area (Å²) in [6.45, 7) is 6.51. The van der Waals surface area contributed by atoms with Gasteiger partial charge in [-0.1, -0.05) is 78.3 Å². The SMILES string of the molecule is O=C(CN1CCC(c2ccccc2)CC1)N1CCN(Cc2ccccc2)CCCN(C(=O)C2CC2)c2cc(Cl)ccc2C1. The van der Waals surface area contributed by atoms with Crippen molar-refractivity contribution in [2.24, 2.45) is 5.92 Å². The molecular weight excluding hydrogens is 556 g/mol. The largest absolute Gasteiger partial charge is 0.336 e. The summed E-state index contributed by atoms with van der Waals surface area (Å²) in [5.41, 5.74) is 4.52. The van der Waals surface area contributed by atoms with Crippen LogP contribution < -0.4 is 4.90 Å². The molecule has 3 aromatic carbocycles. The summed E-state index contributed by atoms with van der Waals surface area (Å²) in [5, 5.41) is 0.618. The third-order valence-electron chi connectivity index (χ3n) is 9.25. The van der Waals surface area contributed by atoms with Gasteiger partial charge in [0.05, 0.1) is 12.2 Å². The number of amides is 2. The molecule has 226 valence electrons. The second kappa shape index (κ2) is 14.1. The fourth-order valence-electron chi connectivity index (χ4n) is 6.59. The number of carbonyl (C=O) groups excluding carboxylic acids is 2. The number of piperidine rings is 1. The molecule has 1 aliphatic carbocycles. The molecule has 0 aromatic heterocycles. The Morgan fingerprint density at radius 2 is 1.47 bits per heavy atom. The summed E-state index contributed by atoms with van der Waals surface area (Å²) in [4.78, 5) is 36.3. The van der Waals surface area contributed by atoms with E-state index in [4.69, 9.17) is 11.6 Å². The lowest BCUT2D eigenvalue weighted by atomic mass is 9.89. The molecule has 0 N–H and O–H groups in total. The van der Waals surface area contributed by atoms with Crippen LogP contribution in [0.5, 0.6) is 0 Å². The van der Waals surface area contributed by atoms with Crippen molar-refractivity contribution in [3.05, 3.63) is 101 Å². The first-order valence-corrected chi connectivity index (χ1v) is 16.3. The highest BCUT2D eigenvalue weighted by Crippen LogP contribution is 2.35. The van der Waals surface area contributed by atoms with Gasteiger partial charge in [-0.15, -0.1) is 0 Å². The summed E-state index contributed by atoms with van der Waals surface area (Å²) in [6.07, 6.45) is 4.92.